The molecular formula is C13H15F4N3O2. The van der Waals surface area contributed by atoms with Gasteiger partial charge in [-0.05, 0) is 38.1 Å². The average molecular weight is 321 g/mol. The van der Waals surface area contributed by atoms with Crippen LogP contribution in [0, 0.1) is 5.82 Å². The normalized spacial score (nSPS) is 16.2. The number of piperidine rings is 1. The lowest BCUT2D eigenvalue weighted by atomic mass is 10.1. The van der Waals surface area contributed by atoms with E-state index in [0.717, 1.165) is 44.1 Å². The van der Waals surface area contributed by atoms with Gasteiger partial charge in [-0.3, -0.25) is 0 Å². The van der Waals surface area contributed by atoms with Crippen molar-refractivity contribution in [2.45, 2.75) is 25.2 Å². The minimum atomic E-state index is -4.97. The summed E-state index contributed by atoms with van der Waals surface area (Å²) in [6.45, 7) is 1.59. The monoisotopic (exact) mass is 321 g/mol. The van der Waals surface area contributed by atoms with Gasteiger partial charge in [-0.15, -0.1) is 13.2 Å². The Kier molecular flexibility index (Phi) is 5.07. The number of carbonyl (C=O) groups is 1. The Labute approximate surface area is 124 Å². The molecule has 1 fully saturated rings. The highest BCUT2D eigenvalue weighted by molar-refractivity contribution is 5.89. The van der Waals surface area contributed by atoms with Crippen LogP contribution in [0.15, 0.2) is 18.2 Å². The van der Waals surface area contributed by atoms with E-state index >= 15 is 0 Å². The number of alkyl halides is 3. The number of carbonyl (C=O) groups excluding carboxylic acids is 1. The van der Waals surface area contributed by atoms with E-state index in [0.29, 0.717) is 0 Å². The van der Waals surface area contributed by atoms with Crippen molar-refractivity contribution in [3.05, 3.63) is 24.0 Å². The number of urea groups is 1. The van der Waals surface area contributed by atoms with Gasteiger partial charge in [0, 0.05) is 17.8 Å². The number of hydrogen-bond donors (Lipinski definition) is 3. The smallest absolute Gasteiger partial charge is 0.403 e. The first-order valence-corrected chi connectivity index (χ1v) is 6.67. The predicted molar refractivity (Wildman–Crippen MR) is 71.1 cm³/mol. The molecule has 1 aromatic rings. The number of halogens is 4. The van der Waals surface area contributed by atoms with Crippen LogP contribution < -0.4 is 20.7 Å². The van der Waals surface area contributed by atoms with Crippen LogP contribution >= 0.6 is 0 Å². The molecule has 2 rings (SSSR count). The third kappa shape index (κ3) is 5.06. The first-order chi connectivity index (χ1) is 10.3. The summed E-state index contributed by atoms with van der Waals surface area (Å²) in [5, 5.41) is 8.23. The number of ether oxygens (including phenoxy) is 1. The minimum absolute atomic E-state index is 0.0129. The van der Waals surface area contributed by atoms with Gasteiger partial charge in [0.15, 0.2) is 11.6 Å². The summed E-state index contributed by atoms with van der Waals surface area (Å²) < 4.78 is 53.0. The van der Waals surface area contributed by atoms with Gasteiger partial charge < -0.3 is 20.7 Å². The Morgan fingerprint density at radius 3 is 2.55 bits per heavy atom. The maximum absolute atomic E-state index is 13.5. The molecule has 0 aromatic heterocycles. The van der Waals surface area contributed by atoms with Crippen molar-refractivity contribution in [2.24, 2.45) is 0 Å². The van der Waals surface area contributed by atoms with E-state index in [1.165, 1.54) is 0 Å². The van der Waals surface area contributed by atoms with Crippen LogP contribution in [0.1, 0.15) is 12.8 Å². The molecular weight excluding hydrogens is 306 g/mol. The molecule has 1 aliphatic rings. The van der Waals surface area contributed by atoms with E-state index in [9.17, 15) is 22.4 Å². The average Bonchev–Trinajstić information content (AvgIpc) is 2.41. The summed E-state index contributed by atoms with van der Waals surface area (Å²) >= 11 is 0. The maximum Gasteiger partial charge on any atom is 0.573 e. The van der Waals surface area contributed by atoms with Gasteiger partial charge in [-0.2, -0.15) is 0 Å². The standard InChI is InChI=1S/C13H15F4N3O2/c14-10-7-9(1-2-11(10)22-13(15,16)17)20-12(21)19-8-3-5-18-6-4-8/h1-2,7-8,18H,3-6H2,(H2,19,20,21). The van der Waals surface area contributed by atoms with E-state index in [1.807, 2.05) is 0 Å². The molecule has 1 heterocycles. The van der Waals surface area contributed by atoms with E-state index in [1.54, 1.807) is 0 Å². The van der Waals surface area contributed by atoms with Crippen LogP contribution in [-0.2, 0) is 0 Å². The largest absolute Gasteiger partial charge is 0.573 e. The topological polar surface area (TPSA) is 62.4 Å². The summed E-state index contributed by atoms with van der Waals surface area (Å²) in [7, 11) is 0. The van der Waals surface area contributed by atoms with Crippen LogP contribution in [0.5, 0.6) is 5.75 Å². The molecule has 0 bridgehead atoms. The lowest BCUT2D eigenvalue weighted by Gasteiger charge is -2.23. The van der Waals surface area contributed by atoms with Gasteiger partial charge in [0.1, 0.15) is 0 Å². The molecule has 0 spiro atoms. The van der Waals surface area contributed by atoms with E-state index in [-0.39, 0.29) is 11.7 Å². The fraction of sp³-hybridized carbons (Fsp3) is 0.462. The molecule has 5 nitrogen and oxygen atoms in total. The molecule has 0 radical (unpaired) electrons. The highest BCUT2D eigenvalue weighted by atomic mass is 19.4. The third-order valence-corrected chi connectivity index (χ3v) is 3.09. The number of nitrogens with one attached hydrogen (secondary N) is 3. The minimum Gasteiger partial charge on any atom is -0.403 e. The zero-order valence-corrected chi connectivity index (χ0v) is 11.5. The molecule has 22 heavy (non-hydrogen) atoms. The number of benzene rings is 1. The summed E-state index contributed by atoms with van der Waals surface area (Å²) in [5.74, 6) is -2.16. The van der Waals surface area contributed by atoms with Crippen LogP contribution in [0.2, 0.25) is 0 Å². The van der Waals surface area contributed by atoms with Crippen molar-refractivity contribution in [1.82, 2.24) is 10.6 Å². The SMILES string of the molecule is O=C(Nc1ccc(OC(F)(F)F)c(F)c1)NC1CCNCC1. The molecule has 1 aromatic carbocycles. The fourth-order valence-electron chi connectivity index (χ4n) is 2.10. The molecule has 0 saturated carbocycles. The Balaban J connectivity index is 1.92. The quantitative estimate of drug-likeness (QED) is 0.750. The van der Waals surface area contributed by atoms with Crippen molar-refractivity contribution in [2.75, 3.05) is 18.4 Å². The number of amides is 2. The Bertz CT molecular complexity index is 531. The first kappa shape index (κ1) is 16.3. The summed E-state index contributed by atoms with van der Waals surface area (Å²) in [5.41, 5.74) is 0.0402. The number of hydrogen-bond acceptors (Lipinski definition) is 3. The van der Waals surface area contributed by atoms with E-state index < -0.39 is 24.0 Å². The van der Waals surface area contributed by atoms with Gasteiger partial charge in [0.25, 0.3) is 0 Å². The van der Waals surface area contributed by atoms with Crippen LogP contribution in [-0.4, -0.2) is 31.5 Å². The van der Waals surface area contributed by atoms with Crippen LogP contribution in [0.3, 0.4) is 0 Å². The molecule has 0 atom stereocenters. The zero-order valence-electron chi connectivity index (χ0n) is 11.5. The van der Waals surface area contributed by atoms with E-state index in [2.05, 4.69) is 20.7 Å². The van der Waals surface area contributed by atoms with Crippen LogP contribution in [0.25, 0.3) is 0 Å². The van der Waals surface area contributed by atoms with Gasteiger partial charge in [0.2, 0.25) is 0 Å². The van der Waals surface area contributed by atoms with Crippen LogP contribution in [0.4, 0.5) is 28.0 Å². The van der Waals surface area contributed by atoms with Gasteiger partial charge in [-0.25, -0.2) is 9.18 Å². The Morgan fingerprint density at radius 2 is 1.95 bits per heavy atom. The number of rotatable bonds is 3. The highest BCUT2D eigenvalue weighted by Crippen LogP contribution is 2.27. The second-order valence-corrected chi connectivity index (χ2v) is 4.82. The zero-order chi connectivity index (χ0) is 16.2. The molecule has 0 aliphatic carbocycles. The molecule has 1 aliphatic heterocycles. The van der Waals surface area contributed by atoms with Crippen molar-refractivity contribution in [1.29, 1.82) is 0 Å². The fourth-order valence-corrected chi connectivity index (χ4v) is 2.10. The third-order valence-electron chi connectivity index (χ3n) is 3.09. The van der Waals surface area contributed by atoms with Gasteiger partial charge >= 0.3 is 12.4 Å². The lowest BCUT2D eigenvalue weighted by Crippen LogP contribution is -2.44. The second kappa shape index (κ2) is 6.82. The maximum atomic E-state index is 13.5. The van der Waals surface area contributed by atoms with Crippen molar-refractivity contribution < 1.29 is 27.1 Å². The molecule has 0 unspecified atom stereocenters. The predicted octanol–water partition coefficient (Wildman–Crippen LogP) is 2.60. The molecule has 122 valence electrons. The van der Waals surface area contributed by atoms with Crippen molar-refractivity contribution in [3.63, 3.8) is 0 Å². The van der Waals surface area contributed by atoms with E-state index in [4.69, 9.17) is 0 Å². The molecule has 3 N–H and O–H groups in total. The Morgan fingerprint density at radius 1 is 1.27 bits per heavy atom. The molecule has 2 amide bonds. The first-order valence-electron chi connectivity index (χ1n) is 6.67. The van der Waals surface area contributed by atoms with Gasteiger partial charge in [-0.1, -0.05) is 0 Å². The molecule has 1 saturated heterocycles. The number of anilines is 1. The Hall–Kier alpha value is -2.03. The summed E-state index contributed by atoms with van der Waals surface area (Å²) in [6.07, 6.45) is -3.41. The van der Waals surface area contributed by atoms with Crippen molar-refractivity contribution >= 4 is 11.7 Å². The summed E-state index contributed by atoms with van der Waals surface area (Å²) in [6, 6.07) is 2.19. The molecule has 9 heteroatoms. The lowest BCUT2D eigenvalue weighted by molar-refractivity contribution is -0.275. The highest BCUT2D eigenvalue weighted by Gasteiger charge is 2.32. The van der Waals surface area contributed by atoms with Crippen molar-refractivity contribution in [3.8, 4) is 5.75 Å². The second-order valence-electron chi connectivity index (χ2n) is 4.82. The van der Waals surface area contributed by atoms with Gasteiger partial charge in [0.05, 0.1) is 0 Å². The summed E-state index contributed by atoms with van der Waals surface area (Å²) in [4.78, 5) is 11.7.